The molecular formula is C23H22N4O5. The molecule has 9 heteroatoms. The van der Waals surface area contributed by atoms with Gasteiger partial charge in [0.1, 0.15) is 6.04 Å². The third-order valence-electron chi connectivity index (χ3n) is 4.53. The summed E-state index contributed by atoms with van der Waals surface area (Å²) >= 11 is 0. The van der Waals surface area contributed by atoms with Crippen molar-refractivity contribution in [3.63, 3.8) is 0 Å². The van der Waals surface area contributed by atoms with Crippen molar-refractivity contribution in [1.29, 1.82) is 0 Å². The van der Waals surface area contributed by atoms with Gasteiger partial charge in [-0.1, -0.05) is 37.3 Å². The largest absolute Gasteiger partial charge is 0.459 e. The monoisotopic (exact) mass is 434 g/mol. The normalized spacial score (nSPS) is 11.2. The lowest BCUT2D eigenvalue weighted by atomic mass is 10.1. The van der Waals surface area contributed by atoms with Crippen LogP contribution in [0.1, 0.15) is 44.6 Å². The quantitative estimate of drug-likeness (QED) is 0.425. The Morgan fingerprint density at radius 3 is 2.22 bits per heavy atom. The summed E-state index contributed by atoms with van der Waals surface area (Å²) in [5.41, 5.74) is 5.46. The van der Waals surface area contributed by atoms with Gasteiger partial charge in [0.2, 0.25) is 0 Å². The van der Waals surface area contributed by atoms with E-state index in [-0.39, 0.29) is 23.4 Å². The van der Waals surface area contributed by atoms with E-state index >= 15 is 0 Å². The minimum atomic E-state index is -0.910. The number of para-hydroxylation sites is 1. The van der Waals surface area contributed by atoms with Crippen LogP contribution in [0.3, 0.4) is 0 Å². The van der Waals surface area contributed by atoms with E-state index in [0.29, 0.717) is 5.56 Å². The molecule has 164 valence electrons. The van der Waals surface area contributed by atoms with E-state index in [1.165, 1.54) is 18.4 Å². The van der Waals surface area contributed by atoms with Crippen molar-refractivity contribution in [2.45, 2.75) is 19.4 Å². The van der Waals surface area contributed by atoms with E-state index in [9.17, 15) is 19.2 Å². The molecule has 1 atom stereocenters. The molecule has 3 rings (SSSR count). The second-order valence-corrected chi connectivity index (χ2v) is 6.72. The van der Waals surface area contributed by atoms with Gasteiger partial charge in [0.15, 0.2) is 5.76 Å². The Hall–Kier alpha value is -4.40. The second kappa shape index (κ2) is 10.6. The third kappa shape index (κ3) is 5.60. The zero-order valence-electron chi connectivity index (χ0n) is 17.3. The predicted molar refractivity (Wildman–Crippen MR) is 117 cm³/mol. The van der Waals surface area contributed by atoms with Gasteiger partial charge in [-0.05, 0) is 42.8 Å². The molecule has 1 heterocycles. The van der Waals surface area contributed by atoms with E-state index in [0.717, 1.165) is 0 Å². The van der Waals surface area contributed by atoms with E-state index < -0.39 is 29.7 Å². The molecular weight excluding hydrogens is 412 g/mol. The standard InChI is InChI=1S/C23H22N4O5/c1-2-17(22(30)27-26-20(28)15-9-4-3-5-10-15)24-21(29)16-11-6-7-12-18(16)25-23(31)19-13-8-14-32-19/h3-14,17H,2H2,1H3,(H,24,29)(H,25,31)(H,26,28)(H,27,30). The number of hydrogen-bond donors (Lipinski definition) is 4. The number of benzene rings is 2. The van der Waals surface area contributed by atoms with Gasteiger partial charge in [-0.3, -0.25) is 30.0 Å². The number of nitrogens with one attached hydrogen (secondary N) is 4. The minimum Gasteiger partial charge on any atom is -0.459 e. The lowest BCUT2D eigenvalue weighted by molar-refractivity contribution is -0.123. The number of anilines is 1. The smallest absolute Gasteiger partial charge is 0.291 e. The molecule has 1 aromatic heterocycles. The molecule has 0 spiro atoms. The van der Waals surface area contributed by atoms with E-state index in [1.54, 1.807) is 61.5 Å². The van der Waals surface area contributed by atoms with Crippen LogP contribution in [-0.2, 0) is 4.79 Å². The lowest BCUT2D eigenvalue weighted by Gasteiger charge is -2.18. The summed E-state index contributed by atoms with van der Waals surface area (Å²) in [4.78, 5) is 49.6. The van der Waals surface area contributed by atoms with Crippen LogP contribution in [0.15, 0.2) is 77.4 Å². The van der Waals surface area contributed by atoms with Gasteiger partial charge in [-0.2, -0.15) is 0 Å². The molecule has 0 radical (unpaired) electrons. The van der Waals surface area contributed by atoms with Crippen LogP contribution >= 0.6 is 0 Å². The Bertz CT molecular complexity index is 1100. The summed E-state index contributed by atoms with van der Waals surface area (Å²) < 4.78 is 5.06. The Morgan fingerprint density at radius 1 is 0.812 bits per heavy atom. The average molecular weight is 434 g/mol. The SMILES string of the molecule is CCC(NC(=O)c1ccccc1NC(=O)c1ccco1)C(=O)NNC(=O)c1ccccc1. The van der Waals surface area contributed by atoms with Crippen molar-refractivity contribution in [2.24, 2.45) is 0 Å². The maximum atomic E-state index is 12.8. The van der Waals surface area contributed by atoms with Gasteiger partial charge in [-0.15, -0.1) is 0 Å². The van der Waals surface area contributed by atoms with Crippen molar-refractivity contribution in [2.75, 3.05) is 5.32 Å². The highest BCUT2D eigenvalue weighted by Gasteiger charge is 2.22. The number of rotatable bonds is 7. The maximum absolute atomic E-state index is 12.8. The molecule has 1 unspecified atom stereocenters. The third-order valence-corrected chi connectivity index (χ3v) is 4.53. The highest BCUT2D eigenvalue weighted by molar-refractivity contribution is 6.08. The molecule has 9 nitrogen and oxygen atoms in total. The van der Waals surface area contributed by atoms with E-state index in [2.05, 4.69) is 21.5 Å². The van der Waals surface area contributed by atoms with Crippen molar-refractivity contribution in [3.8, 4) is 0 Å². The van der Waals surface area contributed by atoms with Gasteiger partial charge in [0.05, 0.1) is 17.5 Å². The summed E-state index contributed by atoms with van der Waals surface area (Å²) in [5.74, 6) is -2.03. The van der Waals surface area contributed by atoms with Crippen molar-refractivity contribution >= 4 is 29.3 Å². The molecule has 32 heavy (non-hydrogen) atoms. The number of hydrazine groups is 1. The summed E-state index contributed by atoms with van der Waals surface area (Å²) in [7, 11) is 0. The van der Waals surface area contributed by atoms with Crippen LogP contribution in [0.2, 0.25) is 0 Å². The molecule has 0 bridgehead atoms. The topological polar surface area (TPSA) is 130 Å². The van der Waals surface area contributed by atoms with Gasteiger partial charge in [0.25, 0.3) is 23.6 Å². The first-order valence-corrected chi connectivity index (χ1v) is 9.89. The molecule has 3 aromatic rings. The molecule has 2 aromatic carbocycles. The van der Waals surface area contributed by atoms with Crippen molar-refractivity contribution < 1.29 is 23.6 Å². The van der Waals surface area contributed by atoms with Crippen LogP contribution in [0.5, 0.6) is 0 Å². The first-order chi connectivity index (χ1) is 15.5. The summed E-state index contributed by atoms with van der Waals surface area (Å²) in [5, 5.41) is 5.24. The van der Waals surface area contributed by atoms with Crippen LogP contribution in [0.25, 0.3) is 0 Å². The maximum Gasteiger partial charge on any atom is 0.291 e. The van der Waals surface area contributed by atoms with Gasteiger partial charge < -0.3 is 15.1 Å². The van der Waals surface area contributed by atoms with Gasteiger partial charge in [-0.25, -0.2) is 0 Å². The molecule has 0 aliphatic carbocycles. The number of amides is 4. The van der Waals surface area contributed by atoms with E-state index in [1.807, 2.05) is 0 Å². The minimum absolute atomic E-state index is 0.0974. The van der Waals surface area contributed by atoms with Crippen molar-refractivity contribution in [1.82, 2.24) is 16.2 Å². The molecule has 0 saturated heterocycles. The average Bonchev–Trinajstić information content (AvgIpc) is 3.37. The summed E-state index contributed by atoms with van der Waals surface area (Å²) in [6.45, 7) is 1.72. The van der Waals surface area contributed by atoms with Gasteiger partial charge in [0, 0.05) is 5.56 Å². The number of carbonyl (C=O) groups excluding carboxylic acids is 4. The Labute approximate surface area is 184 Å². The Balaban J connectivity index is 1.63. The fourth-order valence-electron chi connectivity index (χ4n) is 2.84. The fraction of sp³-hybridized carbons (Fsp3) is 0.130. The molecule has 0 saturated carbocycles. The number of carbonyl (C=O) groups is 4. The Kier molecular flexibility index (Phi) is 7.37. The second-order valence-electron chi connectivity index (χ2n) is 6.72. The molecule has 4 N–H and O–H groups in total. The first-order valence-electron chi connectivity index (χ1n) is 9.89. The van der Waals surface area contributed by atoms with Crippen LogP contribution < -0.4 is 21.5 Å². The van der Waals surface area contributed by atoms with Crippen LogP contribution in [-0.4, -0.2) is 29.7 Å². The first kappa shape index (κ1) is 22.3. The van der Waals surface area contributed by atoms with E-state index in [4.69, 9.17) is 4.42 Å². The number of furan rings is 1. The van der Waals surface area contributed by atoms with Crippen LogP contribution in [0, 0.1) is 0 Å². The number of hydrogen-bond acceptors (Lipinski definition) is 5. The zero-order valence-corrected chi connectivity index (χ0v) is 17.3. The zero-order chi connectivity index (χ0) is 22.9. The van der Waals surface area contributed by atoms with Crippen LogP contribution in [0.4, 0.5) is 5.69 Å². The fourth-order valence-corrected chi connectivity index (χ4v) is 2.84. The summed E-state index contributed by atoms with van der Waals surface area (Å²) in [6.07, 6.45) is 1.65. The summed E-state index contributed by atoms with van der Waals surface area (Å²) in [6, 6.07) is 16.9. The molecule has 0 fully saturated rings. The lowest BCUT2D eigenvalue weighted by Crippen LogP contribution is -2.52. The molecule has 4 amide bonds. The highest BCUT2D eigenvalue weighted by Crippen LogP contribution is 2.17. The highest BCUT2D eigenvalue weighted by atomic mass is 16.3. The molecule has 0 aliphatic rings. The van der Waals surface area contributed by atoms with Crippen molar-refractivity contribution in [3.05, 3.63) is 89.9 Å². The van der Waals surface area contributed by atoms with Gasteiger partial charge >= 0.3 is 0 Å². The predicted octanol–water partition coefficient (Wildman–Crippen LogP) is 2.50. The Morgan fingerprint density at radius 2 is 1.53 bits per heavy atom. The molecule has 0 aliphatic heterocycles.